The minimum Gasteiger partial charge on any atom is -0.438 e. The number of thioether (sulfide) groups is 1. The van der Waals surface area contributed by atoms with Crippen molar-refractivity contribution in [2.75, 3.05) is 12.0 Å². The number of carbonyl (C=O) groups excluding carboxylic acids is 2. The molecular weight excluding hydrogens is 218 g/mol. The van der Waals surface area contributed by atoms with E-state index in [1.807, 2.05) is 6.26 Å². The number of carbonyl (C=O) groups is 2. The van der Waals surface area contributed by atoms with Crippen LogP contribution in [0, 0.1) is 0 Å². The lowest BCUT2D eigenvalue weighted by atomic mass is 10.1. The summed E-state index contributed by atoms with van der Waals surface area (Å²) in [6.07, 6.45) is 2.60. The molecule has 0 aliphatic rings. The first-order valence-electron chi connectivity index (χ1n) is 4.51. The van der Waals surface area contributed by atoms with Crippen LogP contribution in [0.25, 0.3) is 0 Å². The highest BCUT2D eigenvalue weighted by molar-refractivity contribution is 7.98. The number of Topliss-reactive ketones (excluding diaryl/α,β-unsaturated/α-hetero) is 1. The highest BCUT2D eigenvalue weighted by atomic mass is 32.2. The zero-order valence-corrected chi connectivity index (χ0v) is 10.8. The zero-order valence-electron chi connectivity index (χ0n) is 8.58. The Morgan fingerprint density at radius 3 is 2.64 bits per heavy atom. The van der Waals surface area contributed by atoms with Crippen molar-refractivity contribution in [3.8, 4) is 0 Å². The van der Waals surface area contributed by atoms with E-state index in [1.54, 1.807) is 11.8 Å². The van der Waals surface area contributed by atoms with Gasteiger partial charge in [0.15, 0.2) is 15.5 Å². The molecule has 0 aliphatic carbocycles. The van der Waals surface area contributed by atoms with Crippen molar-refractivity contribution in [2.45, 2.75) is 25.4 Å². The van der Waals surface area contributed by atoms with E-state index in [0.29, 0.717) is 6.42 Å². The van der Waals surface area contributed by atoms with Gasteiger partial charge in [-0.1, -0.05) is 0 Å². The molecule has 0 rings (SSSR count). The molecule has 0 aromatic carbocycles. The van der Waals surface area contributed by atoms with E-state index in [2.05, 4.69) is 5.32 Å². The van der Waals surface area contributed by atoms with Crippen LogP contribution in [0.2, 0.25) is 6.04 Å². The van der Waals surface area contributed by atoms with Gasteiger partial charge in [0.05, 0.1) is 6.04 Å². The Morgan fingerprint density at radius 1 is 1.57 bits per heavy atom. The molecule has 6 heteroatoms. The standard InChI is InChI=1S/C8H17NO3SSi/c1-6(10)9-7(3-4-13-2)8(11)5-14-12/h7,12H,3-5,14H2,1-2H3,(H,9,10)/t7-/m0/s1. The fourth-order valence-electron chi connectivity index (χ4n) is 1.08. The summed E-state index contributed by atoms with van der Waals surface area (Å²) in [5, 5.41) is 2.61. The van der Waals surface area contributed by atoms with E-state index in [9.17, 15) is 9.59 Å². The number of amides is 1. The third kappa shape index (κ3) is 6.17. The van der Waals surface area contributed by atoms with Gasteiger partial charge in [0, 0.05) is 13.0 Å². The SMILES string of the molecule is CSCC[C@H](NC(C)=O)C(=O)C[SiH2]O. The molecule has 0 bridgehead atoms. The Balaban J connectivity index is 4.08. The first kappa shape index (κ1) is 13.7. The van der Waals surface area contributed by atoms with Crippen molar-refractivity contribution in [1.29, 1.82) is 0 Å². The van der Waals surface area contributed by atoms with Crippen LogP contribution in [0.4, 0.5) is 0 Å². The molecule has 82 valence electrons. The maximum absolute atomic E-state index is 11.4. The Labute approximate surface area is 90.8 Å². The molecule has 1 amide bonds. The van der Waals surface area contributed by atoms with Crippen LogP contribution in [-0.4, -0.2) is 44.3 Å². The first-order chi connectivity index (χ1) is 6.61. The minimum absolute atomic E-state index is 0.0385. The van der Waals surface area contributed by atoms with Crippen LogP contribution < -0.4 is 5.32 Å². The molecule has 0 unspecified atom stereocenters. The third-order valence-corrected chi connectivity index (χ3v) is 3.10. The van der Waals surface area contributed by atoms with E-state index in [1.165, 1.54) is 6.92 Å². The van der Waals surface area contributed by atoms with Gasteiger partial charge in [-0.25, -0.2) is 0 Å². The Morgan fingerprint density at radius 2 is 2.21 bits per heavy atom. The fourth-order valence-corrected chi connectivity index (χ4v) is 2.12. The van der Waals surface area contributed by atoms with Crippen molar-refractivity contribution in [3.63, 3.8) is 0 Å². The average molecular weight is 235 g/mol. The minimum atomic E-state index is -1.24. The maximum atomic E-state index is 11.4. The molecule has 0 saturated heterocycles. The quantitative estimate of drug-likeness (QED) is 0.573. The number of nitrogens with one attached hydrogen (secondary N) is 1. The lowest BCUT2D eigenvalue weighted by Gasteiger charge is -2.15. The largest absolute Gasteiger partial charge is 0.438 e. The van der Waals surface area contributed by atoms with Crippen molar-refractivity contribution in [3.05, 3.63) is 0 Å². The second-order valence-electron chi connectivity index (χ2n) is 2.97. The van der Waals surface area contributed by atoms with Gasteiger partial charge in [0.25, 0.3) is 0 Å². The fraction of sp³-hybridized carbons (Fsp3) is 0.750. The van der Waals surface area contributed by atoms with Crippen LogP contribution in [0.5, 0.6) is 0 Å². The van der Waals surface area contributed by atoms with E-state index in [0.717, 1.165) is 5.75 Å². The lowest BCUT2D eigenvalue weighted by Crippen LogP contribution is -2.40. The Bertz CT molecular complexity index is 201. The Kier molecular flexibility index (Phi) is 7.82. The second kappa shape index (κ2) is 8.02. The number of hydrogen-bond donors (Lipinski definition) is 2. The highest BCUT2D eigenvalue weighted by Gasteiger charge is 2.17. The summed E-state index contributed by atoms with van der Waals surface area (Å²) in [5.41, 5.74) is 0. The van der Waals surface area contributed by atoms with E-state index in [-0.39, 0.29) is 17.7 Å². The van der Waals surface area contributed by atoms with Gasteiger partial charge >= 0.3 is 0 Å². The van der Waals surface area contributed by atoms with Crippen molar-refractivity contribution in [1.82, 2.24) is 5.32 Å². The van der Waals surface area contributed by atoms with Crippen LogP contribution in [0.15, 0.2) is 0 Å². The van der Waals surface area contributed by atoms with Crippen LogP contribution >= 0.6 is 11.8 Å². The summed E-state index contributed by atoms with van der Waals surface area (Å²) < 4.78 is 0. The summed E-state index contributed by atoms with van der Waals surface area (Å²) in [4.78, 5) is 31.0. The van der Waals surface area contributed by atoms with Gasteiger partial charge in [-0.15, -0.1) is 0 Å². The molecule has 1 atom stereocenters. The predicted octanol–water partition coefficient (Wildman–Crippen LogP) is -0.692. The van der Waals surface area contributed by atoms with Crippen LogP contribution in [0.3, 0.4) is 0 Å². The average Bonchev–Trinajstić information content (AvgIpc) is 2.12. The molecule has 0 aromatic heterocycles. The van der Waals surface area contributed by atoms with E-state index >= 15 is 0 Å². The molecule has 0 radical (unpaired) electrons. The molecule has 0 heterocycles. The van der Waals surface area contributed by atoms with Crippen molar-refractivity contribution >= 4 is 33.2 Å². The molecule has 0 aliphatic heterocycles. The Hall–Kier alpha value is -0.333. The van der Waals surface area contributed by atoms with E-state index < -0.39 is 15.8 Å². The maximum Gasteiger partial charge on any atom is 0.217 e. The number of rotatable bonds is 7. The topological polar surface area (TPSA) is 66.4 Å². The number of hydrogen-bond acceptors (Lipinski definition) is 4. The summed E-state index contributed by atoms with van der Waals surface area (Å²) >= 11 is 1.64. The van der Waals surface area contributed by atoms with Gasteiger partial charge in [-0.05, 0) is 18.4 Å². The van der Waals surface area contributed by atoms with Crippen LogP contribution in [0.1, 0.15) is 13.3 Å². The monoisotopic (exact) mass is 235 g/mol. The molecule has 0 saturated carbocycles. The molecule has 2 N–H and O–H groups in total. The molecule has 0 aromatic rings. The molecule has 0 spiro atoms. The predicted molar refractivity (Wildman–Crippen MR) is 61.2 cm³/mol. The van der Waals surface area contributed by atoms with Gasteiger partial charge in [0.1, 0.15) is 0 Å². The van der Waals surface area contributed by atoms with Gasteiger partial charge < -0.3 is 10.1 Å². The molecular formula is C8H17NO3SSi. The number of ketones is 1. The molecule has 0 fully saturated rings. The summed E-state index contributed by atoms with van der Waals surface area (Å²) in [7, 11) is -1.24. The van der Waals surface area contributed by atoms with Crippen molar-refractivity contribution < 1.29 is 14.4 Å². The van der Waals surface area contributed by atoms with Crippen LogP contribution in [-0.2, 0) is 9.59 Å². The summed E-state index contributed by atoms with van der Waals surface area (Å²) in [5.74, 6) is 0.608. The third-order valence-electron chi connectivity index (χ3n) is 1.74. The van der Waals surface area contributed by atoms with Crippen molar-refractivity contribution in [2.24, 2.45) is 0 Å². The smallest absolute Gasteiger partial charge is 0.217 e. The summed E-state index contributed by atoms with van der Waals surface area (Å²) in [6, 6.07) is -0.154. The molecule has 14 heavy (non-hydrogen) atoms. The van der Waals surface area contributed by atoms with E-state index in [4.69, 9.17) is 4.80 Å². The second-order valence-corrected chi connectivity index (χ2v) is 4.91. The lowest BCUT2D eigenvalue weighted by molar-refractivity contribution is -0.125. The zero-order chi connectivity index (χ0) is 11.0. The van der Waals surface area contributed by atoms with Gasteiger partial charge in [-0.2, -0.15) is 11.8 Å². The normalized spacial score (nSPS) is 13.1. The molecule has 4 nitrogen and oxygen atoms in total. The first-order valence-corrected chi connectivity index (χ1v) is 7.54. The summed E-state index contributed by atoms with van der Waals surface area (Å²) in [6.45, 7) is 1.40. The van der Waals surface area contributed by atoms with Gasteiger partial charge in [-0.3, -0.25) is 9.59 Å². The highest BCUT2D eigenvalue weighted by Crippen LogP contribution is 2.03. The van der Waals surface area contributed by atoms with Gasteiger partial charge in [0.2, 0.25) is 5.91 Å².